The molecule has 1 amide bonds. The minimum Gasteiger partial charge on any atom is -0.310 e. The first-order valence-electron chi connectivity index (χ1n) is 7.85. The van der Waals surface area contributed by atoms with Crippen LogP contribution < -0.4 is 4.80 Å². The van der Waals surface area contributed by atoms with Crippen molar-refractivity contribution in [3.63, 3.8) is 0 Å². The Kier molecular flexibility index (Phi) is 4.67. The fraction of sp³-hybridized carbons (Fsp3) is 0.0526. The molecule has 0 saturated carbocycles. The molecule has 8 heteroatoms. The predicted molar refractivity (Wildman–Crippen MR) is 107 cm³/mol. The SMILES string of the molecule is C=CCn1c(=NC(=O)c2sc3ccccc3c2Cl)sc2cc(F)cc(F)c21. The van der Waals surface area contributed by atoms with E-state index >= 15 is 0 Å². The van der Waals surface area contributed by atoms with Crippen molar-refractivity contribution in [1.82, 2.24) is 4.57 Å². The molecule has 0 atom stereocenters. The molecule has 2 aromatic carbocycles. The van der Waals surface area contributed by atoms with Gasteiger partial charge in [0.15, 0.2) is 10.6 Å². The summed E-state index contributed by atoms with van der Waals surface area (Å²) < 4.78 is 30.6. The third kappa shape index (κ3) is 3.12. The maximum Gasteiger partial charge on any atom is 0.291 e. The fourth-order valence-electron chi connectivity index (χ4n) is 2.80. The number of rotatable bonds is 3. The van der Waals surface area contributed by atoms with Crippen molar-refractivity contribution >= 4 is 60.5 Å². The van der Waals surface area contributed by atoms with Crippen LogP contribution in [-0.2, 0) is 6.54 Å². The van der Waals surface area contributed by atoms with Crippen molar-refractivity contribution in [3.05, 3.63) is 75.4 Å². The van der Waals surface area contributed by atoms with Gasteiger partial charge in [0, 0.05) is 22.7 Å². The smallest absolute Gasteiger partial charge is 0.291 e. The van der Waals surface area contributed by atoms with E-state index in [-0.39, 0.29) is 16.9 Å². The van der Waals surface area contributed by atoms with E-state index in [1.54, 1.807) is 6.08 Å². The molecule has 4 aromatic rings. The average Bonchev–Trinajstić information content (AvgIpc) is 3.14. The maximum atomic E-state index is 14.3. The zero-order chi connectivity index (χ0) is 19.1. The summed E-state index contributed by atoms with van der Waals surface area (Å²) in [6.45, 7) is 3.88. The molecular formula is C19H11ClF2N2OS2. The van der Waals surface area contributed by atoms with Gasteiger partial charge in [-0.1, -0.05) is 47.2 Å². The summed E-state index contributed by atoms with van der Waals surface area (Å²) in [6.07, 6.45) is 1.56. The van der Waals surface area contributed by atoms with Crippen LogP contribution in [0.25, 0.3) is 20.3 Å². The average molecular weight is 421 g/mol. The number of aromatic nitrogens is 1. The number of carbonyl (C=O) groups is 1. The Morgan fingerprint density at radius 3 is 2.74 bits per heavy atom. The lowest BCUT2D eigenvalue weighted by Crippen LogP contribution is -2.16. The van der Waals surface area contributed by atoms with E-state index in [2.05, 4.69) is 11.6 Å². The highest BCUT2D eigenvalue weighted by Crippen LogP contribution is 2.35. The number of thiophene rings is 1. The number of hydrogen-bond acceptors (Lipinski definition) is 3. The first-order valence-corrected chi connectivity index (χ1v) is 9.86. The van der Waals surface area contributed by atoms with Crippen LogP contribution in [0, 0.1) is 11.6 Å². The second-order valence-corrected chi connectivity index (χ2v) is 8.12. The third-order valence-electron chi connectivity index (χ3n) is 3.93. The van der Waals surface area contributed by atoms with E-state index < -0.39 is 17.5 Å². The van der Waals surface area contributed by atoms with Gasteiger partial charge in [-0.2, -0.15) is 4.99 Å². The molecule has 0 unspecified atom stereocenters. The number of allylic oxidation sites excluding steroid dienone is 1. The van der Waals surface area contributed by atoms with Gasteiger partial charge in [0.1, 0.15) is 10.7 Å². The van der Waals surface area contributed by atoms with Crippen molar-refractivity contribution in [1.29, 1.82) is 0 Å². The molecule has 0 aliphatic rings. The van der Waals surface area contributed by atoms with E-state index in [1.807, 2.05) is 24.3 Å². The highest BCUT2D eigenvalue weighted by molar-refractivity contribution is 7.21. The number of benzene rings is 2. The summed E-state index contributed by atoms with van der Waals surface area (Å²) in [6, 6.07) is 9.44. The van der Waals surface area contributed by atoms with Gasteiger partial charge in [-0.15, -0.1) is 17.9 Å². The molecule has 0 spiro atoms. The highest BCUT2D eigenvalue weighted by atomic mass is 35.5. The van der Waals surface area contributed by atoms with E-state index in [0.717, 1.165) is 27.5 Å². The molecule has 2 aromatic heterocycles. The van der Waals surface area contributed by atoms with Gasteiger partial charge in [0.25, 0.3) is 5.91 Å². The largest absolute Gasteiger partial charge is 0.310 e. The Balaban J connectivity index is 1.92. The Morgan fingerprint density at radius 1 is 1.22 bits per heavy atom. The summed E-state index contributed by atoms with van der Waals surface area (Å²) in [5.41, 5.74) is 0.190. The van der Waals surface area contributed by atoms with Crippen LogP contribution in [0.5, 0.6) is 0 Å². The second-order valence-electron chi connectivity index (χ2n) is 5.68. The van der Waals surface area contributed by atoms with Gasteiger partial charge >= 0.3 is 0 Å². The molecule has 2 heterocycles. The Labute approximate surface area is 165 Å². The lowest BCUT2D eigenvalue weighted by molar-refractivity contribution is 0.100. The summed E-state index contributed by atoms with van der Waals surface area (Å²) in [5, 5.41) is 1.13. The fourth-order valence-corrected chi connectivity index (χ4v) is 5.28. The van der Waals surface area contributed by atoms with Crippen LogP contribution in [-0.4, -0.2) is 10.5 Å². The van der Waals surface area contributed by atoms with Gasteiger partial charge in [-0.05, 0) is 12.1 Å². The number of thiazole rings is 1. The molecule has 0 fully saturated rings. The minimum atomic E-state index is -0.711. The molecule has 0 N–H and O–H groups in total. The second kappa shape index (κ2) is 6.99. The van der Waals surface area contributed by atoms with Gasteiger partial charge in [-0.3, -0.25) is 4.79 Å². The molecule has 0 bridgehead atoms. The quantitative estimate of drug-likeness (QED) is 0.387. The van der Waals surface area contributed by atoms with Crippen LogP contribution in [0.3, 0.4) is 0 Å². The zero-order valence-electron chi connectivity index (χ0n) is 13.7. The maximum absolute atomic E-state index is 14.3. The van der Waals surface area contributed by atoms with Crippen LogP contribution in [0.4, 0.5) is 8.78 Å². The Morgan fingerprint density at radius 2 is 2.00 bits per heavy atom. The van der Waals surface area contributed by atoms with Gasteiger partial charge in [0.2, 0.25) is 0 Å². The van der Waals surface area contributed by atoms with Crippen LogP contribution >= 0.6 is 34.3 Å². The van der Waals surface area contributed by atoms with Crippen molar-refractivity contribution in [2.75, 3.05) is 0 Å². The first-order chi connectivity index (χ1) is 13.0. The van der Waals surface area contributed by atoms with Gasteiger partial charge in [-0.25, -0.2) is 8.78 Å². The molecule has 136 valence electrons. The molecule has 0 aliphatic heterocycles. The number of amides is 1. The van der Waals surface area contributed by atoms with Crippen molar-refractivity contribution in [2.45, 2.75) is 6.54 Å². The summed E-state index contributed by atoms with van der Waals surface area (Å²) in [5.74, 6) is -1.92. The Hall–Kier alpha value is -2.35. The molecule has 4 rings (SSSR count). The van der Waals surface area contributed by atoms with E-state index in [1.165, 1.54) is 22.0 Å². The third-order valence-corrected chi connectivity index (χ3v) is 6.62. The number of fused-ring (bicyclic) bond motifs is 2. The number of halogens is 3. The summed E-state index contributed by atoms with van der Waals surface area (Å²) in [7, 11) is 0. The predicted octanol–water partition coefficient (Wildman–Crippen LogP) is 5.78. The molecule has 0 radical (unpaired) electrons. The topological polar surface area (TPSA) is 34.4 Å². The number of hydrogen-bond donors (Lipinski definition) is 0. The standard InChI is InChI=1S/C19H11ClF2N2OS2/c1-2-7-24-16-12(22)8-10(21)9-14(16)27-19(24)23-18(25)17-15(20)11-5-3-4-6-13(11)26-17/h2-6,8-9H,1,7H2. The first kappa shape index (κ1) is 18.0. The van der Waals surface area contributed by atoms with E-state index in [0.29, 0.717) is 14.6 Å². The van der Waals surface area contributed by atoms with Crippen molar-refractivity contribution in [3.8, 4) is 0 Å². The number of nitrogens with zero attached hydrogens (tertiary/aromatic N) is 2. The van der Waals surface area contributed by atoms with Crippen LogP contribution in [0.15, 0.2) is 54.0 Å². The van der Waals surface area contributed by atoms with Crippen molar-refractivity contribution in [2.24, 2.45) is 4.99 Å². The van der Waals surface area contributed by atoms with Crippen LogP contribution in [0.1, 0.15) is 9.67 Å². The molecule has 27 heavy (non-hydrogen) atoms. The zero-order valence-corrected chi connectivity index (χ0v) is 16.1. The van der Waals surface area contributed by atoms with Crippen molar-refractivity contribution < 1.29 is 13.6 Å². The highest BCUT2D eigenvalue weighted by Gasteiger charge is 2.18. The molecule has 0 saturated heterocycles. The Bertz CT molecular complexity index is 1290. The molecular weight excluding hydrogens is 410 g/mol. The number of carbonyl (C=O) groups excluding carboxylic acids is 1. The lowest BCUT2D eigenvalue weighted by atomic mass is 10.2. The van der Waals surface area contributed by atoms with Gasteiger partial charge in [0.05, 0.1) is 15.2 Å². The normalized spacial score (nSPS) is 12.2. The summed E-state index contributed by atoms with van der Waals surface area (Å²) in [4.78, 5) is 17.5. The van der Waals surface area contributed by atoms with E-state index in [4.69, 9.17) is 11.6 Å². The van der Waals surface area contributed by atoms with E-state index in [9.17, 15) is 13.6 Å². The monoisotopic (exact) mass is 420 g/mol. The lowest BCUT2D eigenvalue weighted by Gasteiger charge is -2.02. The minimum absolute atomic E-state index is 0.190. The summed E-state index contributed by atoms with van der Waals surface area (Å²) >= 11 is 8.63. The molecule has 0 aliphatic carbocycles. The van der Waals surface area contributed by atoms with Gasteiger partial charge < -0.3 is 4.57 Å². The molecule has 3 nitrogen and oxygen atoms in total. The van der Waals surface area contributed by atoms with Crippen LogP contribution in [0.2, 0.25) is 5.02 Å².